The molecule has 13 heteroatoms. The maximum Gasteiger partial charge on any atom is 0.110 e. The standard InChI is InChI=1S/2C6H14O4.C5H12O5.CH4/c2*1-4(2-7)6(10)5(9)3-8;6-1-3(8)5(10)4(9)2-7;/h2*4-10H,2-3H2,1H3;3-10H,1-2H2;1H4. The fourth-order valence-electron chi connectivity index (χ4n) is 1.66. The summed E-state index contributed by atoms with van der Waals surface area (Å²) in [6, 6.07) is 0. The Balaban J connectivity index is -0.000000174. The molecule has 31 heavy (non-hydrogen) atoms. The molecule has 0 aromatic heterocycles. The minimum absolute atomic E-state index is 0. The van der Waals surface area contributed by atoms with E-state index in [9.17, 15) is 0 Å². The fraction of sp³-hybridized carbons (Fsp3) is 1.00. The molecule has 0 fully saturated rings. The van der Waals surface area contributed by atoms with Crippen LogP contribution < -0.4 is 0 Å². The Kier molecular flexibility index (Phi) is 27.6. The highest BCUT2D eigenvalue weighted by Crippen LogP contribution is 2.06. The third-order valence-electron chi connectivity index (χ3n) is 4.07. The third kappa shape index (κ3) is 17.7. The van der Waals surface area contributed by atoms with E-state index >= 15 is 0 Å². The van der Waals surface area contributed by atoms with Crippen molar-refractivity contribution in [1.82, 2.24) is 0 Å². The van der Waals surface area contributed by atoms with E-state index in [0.717, 1.165) is 0 Å². The topological polar surface area (TPSA) is 263 Å². The van der Waals surface area contributed by atoms with E-state index in [4.69, 9.17) is 66.4 Å². The lowest BCUT2D eigenvalue weighted by atomic mass is 10.0. The van der Waals surface area contributed by atoms with Gasteiger partial charge in [0.1, 0.15) is 30.5 Å². The highest BCUT2D eigenvalue weighted by Gasteiger charge is 2.23. The van der Waals surface area contributed by atoms with Crippen LogP contribution in [-0.4, -0.2) is 149 Å². The van der Waals surface area contributed by atoms with E-state index in [2.05, 4.69) is 0 Å². The van der Waals surface area contributed by atoms with Crippen LogP contribution in [-0.2, 0) is 0 Å². The molecule has 0 heterocycles. The Hall–Kier alpha value is -0.520. The molecule has 8 unspecified atom stereocenters. The second-order valence-corrected chi connectivity index (χ2v) is 6.79. The Labute approximate surface area is 182 Å². The molecule has 0 rings (SSSR count). The summed E-state index contributed by atoms with van der Waals surface area (Å²) in [5, 5.41) is 112. The molecule has 0 amide bonds. The lowest BCUT2D eigenvalue weighted by molar-refractivity contribution is -0.0900. The predicted molar refractivity (Wildman–Crippen MR) is 110 cm³/mol. The van der Waals surface area contributed by atoms with E-state index in [1.165, 1.54) is 0 Å². The second kappa shape index (κ2) is 22.7. The summed E-state index contributed by atoms with van der Waals surface area (Å²) in [6.45, 7) is 0.539. The predicted octanol–water partition coefficient (Wildman–Crippen LogP) is -5.65. The first-order valence-electron chi connectivity index (χ1n) is 9.31. The monoisotopic (exact) mass is 468 g/mol. The molecule has 0 saturated heterocycles. The summed E-state index contributed by atoms with van der Waals surface area (Å²) in [5.41, 5.74) is 0. The molecule has 0 aromatic rings. The van der Waals surface area contributed by atoms with Crippen LogP contribution in [0.3, 0.4) is 0 Å². The van der Waals surface area contributed by atoms with Gasteiger partial charge in [-0.1, -0.05) is 21.3 Å². The first-order chi connectivity index (χ1) is 13.9. The van der Waals surface area contributed by atoms with Crippen molar-refractivity contribution in [2.24, 2.45) is 11.8 Å². The number of aliphatic hydroxyl groups is 13. The highest BCUT2D eigenvalue weighted by molar-refractivity contribution is 4.73. The highest BCUT2D eigenvalue weighted by atomic mass is 16.4. The molecule has 0 aliphatic carbocycles. The average molecular weight is 469 g/mol. The SMILES string of the molecule is C.CC(CO)C(O)C(O)CO.CC(CO)C(O)C(O)CO.OCC(O)C(O)C(O)CO. The van der Waals surface area contributed by atoms with Gasteiger partial charge >= 0.3 is 0 Å². The smallest absolute Gasteiger partial charge is 0.110 e. The van der Waals surface area contributed by atoms with Gasteiger partial charge < -0.3 is 66.4 Å². The Morgan fingerprint density at radius 3 is 0.742 bits per heavy atom. The van der Waals surface area contributed by atoms with Crippen molar-refractivity contribution in [3.05, 3.63) is 0 Å². The largest absolute Gasteiger partial charge is 0.396 e. The molecule has 0 aliphatic rings. The van der Waals surface area contributed by atoms with E-state index in [1.54, 1.807) is 13.8 Å². The Morgan fingerprint density at radius 2 is 0.581 bits per heavy atom. The van der Waals surface area contributed by atoms with E-state index in [0.29, 0.717) is 0 Å². The maximum atomic E-state index is 9.02. The van der Waals surface area contributed by atoms with Gasteiger partial charge in [0.15, 0.2) is 0 Å². The second-order valence-electron chi connectivity index (χ2n) is 6.79. The quantitative estimate of drug-likeness (QED) is 0.127. The van der Waals surface area contributed by atoms with Gasteiger partial charge in [-0.3, -0.25) is 0 Å². The molecule has 0 bridgehead atoms. The minimum Gasteiger partial charge on any atom is -0.396 e. The van der Waals surface area contributed by atoms with Gasteiger partial charge in [0.25, 0.3) is 0 Å². The van der Waals surface area contributed by atoms with Crippen LogP contribution >= 0.6 is 0 Å². The van der Waals surface area contributed by atoms with Crippen LogP contribution in [0.2, 0.25) is 0 Å². The molecular formula is C18H44O13. The summed E-state index contributed by atoms with van der Waals surface area (Å²) < 4.78 is 0. The molecule has 13 nitrogen and oxygen atoms in total. The van der Waals surface area contributed by atoms with Crippen LogP contribution in [0.4, 0.5) is 0 Å². The summed E-state index contributed by atoms with van der Waals surface area (Å²) >= 11 is 0. The molecule has 0 aliphatic heterocycles. The van der Waals surface area contributed by atoms with Gasteiger partial charge in [-0.25, -0.2) is 0 Å². The molecule has 0 aromatic carbocycles. The normalized spacial score (nSPS) is 19.5. The average Bonchev–Trinajstić information content (AvgIpc) is 2.79. The van der Waals surface area contributed by atoms with Crippen molar-refractivity contribution in [3.8, 4) is 0 Å². The minimum atomic E-state index is -1.49. The van der Waals surface area contributed by atoms with Crippen molar-refractivity contribution in [3.63, 3.8) is 0 Å². The fourth-order valence-corrected chi connectivity index (χ4v) is 1.66. The van der Waals surface area contributed by atoms with Crippen molar-refractivity contribution in [2.45, 2.75) is 64.0 Å². The van der Waals surface area contributed by atoms with Gasteiger partial charge in [-0.05, 0) is 0 Å². The van der Waals surface area contributed by atoms with Crippen molar-refractivity contribution in [2.75, 3.05) is 39.6 Å². The van der Waals surface area contributed by atoms with Gasteiger partial charge in [0.2, 0.25) is 0 Å². The van der Waals surface area contributed by atoms with Crippen LogP contribution in [0.15, 0.2) is 0 Å². The van der Waals surface area contributed by atoms with E-state index < -0.39 is 81.0 Å². The van der Waals surface area contributed by atoms with Crippen molar-refractivity contribution < 1.29 is 66.4 Å². The summed E-state index contributed by atoms with van der Waals surface area (Å²) in [5.74, 6) is -0.802. The lowest BCUT2D eigenvalue weighted by Crippen LogP contribution is -2.41. The van der Waals surface area contributed by atoms with E-state index in [-0.39, 0.29) is 20.6 Å². The van der Waals surface area contributed by atoms with Gasteiger partial charge in [-0.15, -0.1) is 0 Å². The van der Waals surface area contributed by atoms with Gasteiger partial charge in [0, 0.05) is 25.0 Å². The zero-order valence-corrected chi connectivity index (χ0v) is 17.3. The molecule has 13 N–H and O–H groups in total. The third-order valence-corrected chi connectivity index (χ3v) is 4.07. The van der Waals surface area contributed by atoms with Crippen molar-refractivity contribution >= 4 is 0 Å². The first-order valence-corrected chi connectivity index (χ1v) is 9.31. The van der Waals surface area contributed by atoms with Crippen LogP contribution in [0.25, 0.3) is 0 Å². The van der Waals surface area contributed by atoms with Gasteiger partial charge in [0.05, 0.1) is 38.6 Å². The number of aliphatic hydroxyl groups excluding tert-OH is 13. The number of hydrogen-bond acceptors (Lipinski definition) is 13. The number of rotatable bonds is 12. The zero-order valence-electron chi connectivity index (χ0n) is 17.3. The zero-order chi connectivity index (χ0) is 24.4. The number of hydrogen-bond donors (Lipinski definition) is 13. The molecule has 0 saturated carbocycles. The van der Waals surface area contributed by atoms with Crippen LogP contribution in [0.5, 0.6) is 0 Å². The maximum absolute atomic E-state index is 9.02. The van der Waals surface area contributed by atoms with E-state index in [1.807, 2.05) is 0 Å². The molecular weight excluding hydrogens is 424 g/mol. The summed E-state index contributed by atoms with van der Waals surface area (Å²) in [6.07, 6.45) is -8.69. The lowest BCUT2D eigenvalue weighted by Gasteiger charge is -2.20. The molecule has 0 radical (unpaired) electrons. The Bertz CT molecular complexity index is 281. The molecule has 194 valence electrons. The summed E-state index contributed by atoms with van der Waals surface area (Å²) in [4.78, 5) is 0. The van der Waals surface area contributed by atoms with Crippen LogP contribution in [0, 0.1) is 11.8 Å². The summed E-state index contributed by atoms with van der Waals surface area (Å²) in [7, 11) is 0. The van der Waals surface area contributed by atoms with Crippen molar-refractivity contribution in [1.29, 1.82) is 0 Å². The first kappa shape index (κ1) is 37.8. The molecule has 8 atom stereocenters. The Morgan fingerprint density at radius 1 is 0.387 bits per heavy atom. The van der Waals surface area contributed by atoms with Crippen LogP contribution in [0.1, 0.15) is 21.3 Å². The molecule has 0 spiro atoms. The van der Waals surface area contributed by atoms with Gasteiger partial charge in [-0.2, -0.15) is 0 Å².